The van der Waals surface area contributed by atoms with E-state index in [4.69, 9.17) is 5.73 Å². The van der Waals surface area contributed by atoms with Gasteiger partial charge in [0.2, 0.25) is 0 Å². The lowest BCUT2D eigenvalue weighted by atomic mass is 9.74. The van der Waals surface area contributed by atoms with E-state index in [1.54, 1.807) is 0 Å². The van der Waals surface area contributed by atoms with Crippen LogP contribution in [0.5, 0.6) is 0 Å². The van der Waals surface area contributed by atoms with Gasteiger partial charge in [-0.1, -0.05) is 13.8 Å². The molecule has 3 heteroatoms. The highest BCUT2D eigenvalue weighted by molar-refractivity contribution is 5.30. The van der Waals surface area contributed by atoms with E-state index < -0.39 is 0 Å². The normalized spacial score (nSPS) is 27.5. The average molecular weight is 275 g/mol. The quantitative estimate of drug-likeness (QED) is 0.919. The topological polar surface area (TPSA) is 34.2 Å². The Morgan fingerprint density at radius 1 is 1.35 bits per heavy atom. The Labute approximate surface area is 123 Å². The van der Waals surface area contributed by atoms with Crippen LogP contribution in [0.25, 0.3) is 0 Å². The Balaban J connectivity index is 1.80. The van der Waals surface area contributed by atoms with Crippen molar-refractivity contribution in [2.75, 3.05) is 19.6 Å². The SMILES string of the molecule is CC(CN1CCCC1)n1ccc2c1CC(C)(C)CC2N. The van der Waals surface area contributed by atoms with Crippen molar-refractivity contribution in [3.63, 3.8) is 0 Å². The lowest BCUT2D eigenvalue weighted by Gasteiger charge is -2.35. The molecule has 20 heavy (non-hydrogen) atoms. The maximum absolute atomic E-state index is 6.38. The van der Waals surface area contributed by atoms with Crippen molar-refractivity contribution in [3.05, 3.63) is 23.5 Å². The largest absolute Gasteiger partial charge is 0.347 e. The second kappa shape index (κ2) is 5.19. The van der Waals surface area contributed by atoms with Crippen LogP contribution in [-0.2, 0) is 6.42 Å². The highest BCUT2D eigenvalue weighted by Gasteiger charge is 2.33. The Morgan fingerprint density at radius 2 is 2.05 bits per heavy atom. The van der Waals surface area contributed by atoms with Crippen molar-refractivity contribution in [3.8, 4) is 0 Å². The van der Waals surface area contributed by atoms with Crippen LogP contribution in [0.4, 0.5) is 0 Å². The minimum Gasteiger partial charge on any atom is -0.347 e. The van der Waals surface area contributed by atoms with Gasteiger partial charge in [-0.15, -0.1) is 0 Å². The summed E-state index contributed by atoms with van der Waals surface area (Å²) in [5.74, 6) is 0. The van der Waals surface area contributed by atoms with Gasteiger partial charge in [-0.25, -0.2) is 0 Å². The third-order valence-electron chi connectivity index (χ3n) is 5.07. The molecule has 0 aromatic carbocycles. The highest BCUT2D eigenvalue weighted by atomic mass is 15.2. The molecule has 0 bridgehead atoms. The number of hydrogen-bond acceptors (Lipinski definition) is 2. The van der Waals surface area contributed by atoms with Crippen LogP contribution in [-0.4, -0.2) is 29.1 Å². The zero-order valence-electron chi connectivity index (χ0n) is 13.2. The number of hydrogen-bond donors (Lipinski definition) is 1. The maximum Gasteiger partial charge on any atom is 0.0432 e. The van der Waals surface area contributed by atoms with E-state index in [1.165, 1.54) is 43.7 Å². The third-order valence-corrected chi connectivity index (χ3v) is 5.07. The Hall–Kier alpha value is -0.800. The van der Waals surface area contributed by atoms with Gasteiger partial charge in [0, 0.05) is 30.5 Å². The lowest BCUT2D eigenvalue weighted by molar-refractivity contribution is 0.256. The van der Waals surface area contributed by atoms with E-state index in [-0.39, 0.29) is 6.04 Å². The van der Waals surface area contributed by atoms with Gasteiger partial charge >= 0.3 is 0 Å². The first-order chi connectivity index (χ1) is 9.46. The molecule has 1 aliphatic heterocycles. The molecule has 0 spiro atoms. The first-order valence-electron chi connectivity index (χ1n) is 8.14. The number of aromatic nitrogens is 1. The second-order valence-electron chi connectivity index (χ2n) is 7.63. The predicted molar refractivity (Wildman–Crippen MR) is 83.8 cm³/mol. The Morgan fingerprint density at radius 3 is 2.75 bits per heavy atom. The van der Waals surface area contributed by atoms with Crippen molar-refractivity contribution < 1.29 is 0 Å². The van der Waals surface area contributed by atoms with E-state index in [0.29, 0.717) is 11.5 Å². The van der Waals surface area contributed by atoms with Crippen LogP contribution in [0.1, 0.15) is 63.4 Å². The fourth-order valence-electron chi connectivity index (χ4n) is 4.10. The molecular weight excluding hydrogens is 246 g/mol. The molecule has 0 saturated carbocycles. The van der Waals surface area contributed by atoms with Gasteiger partial charge in [0.05, 0.1) is 0 Å². The molecule has 2 aliphatic rings. The minimum absolute atomic E-state index is 0.217. The molecule has 1 fully saturated rings. The van der Waals surface area contributed by atoms with Crippen molar-refractivity contribution in [1.82, 2.24) is 9.47 Å². The molecule has 2 unspecified atom stereocenters. The maximum atomic E-state index is 6.38. The predicted octanol–water partition coefficient (Wildman–Crippen LogP) is 3.12. The fraction of sp³-hybridized carbons (Fsp3) is 0.765. The summed E-state index contributed by atoms with van der Waals surface area (Å²) in [5, 5.41) is 0. The number of rotatable bonds is 3. The summed E-state index contributed by atoms with van der Waals surface area (Å²) in [6.07, 6.45) is 7.27. The van der Waals surface area contributed by atoms with Gasteiger partial charge < -0.3 is 15.2 Å². The Kier molecular flexibility index (Phi) is 3.67. The van der Waals surface area contributed by atoms with E-state index in [1.807, 2.05) is 0 Å². The molecule has 2 heterocycles. The molecule has 112 valence electrons. The molecule has 1 aromatic rings. The van der Waals surface area contributed by atoms with Crippen LogP contribution in [0.2, 0.25) is 0 Å². The lowest BCUT2D eigenvalue weighted by Crippen LogP contribution is -2.32. The zero-order valence-corrected chi connectivity index (χ0v) is 13.2. The van der Waals surface area contributed by atoms with Gasteiger partial charge in [-0.05, 0) is 62.7 Å². The second-order valence-corrected chi connectivity index (χ2v) is 7.63. The van der Waals surface area contributed by atoms with Crippen LogP contribution in [0.3, 0.4) is 0 Å². The number of likely N-dealkylation sites (tertiary alicyclic amines) is 1. The average Bonchev–Trinajstić information content (AvgIpc) is 2.96. The summed E-state index contributed by atoms with van der Waals surface area (Å²) in [7, 11) is 0. The van der Waals surface area contributed by atoms with E-state index in [0.717, 1.165) is 12.8 Å². The van der Waals surface area contributed by atoms with Crippen LogP contribution >= 0.6 is 0 Å². The first kappa shape index (κ1) is 14.2. The van der Waals surface area contributed by atoms with Crippen LogP contribution in [0.15, 0.2) is 12.3 Å². The van der Waals surface area contributed by atoms with E-state index in [9.17, 15) is 0 Å². The van der Waals surface area contributed by atoms with Crippen molar-refractivity contribution in [2.45, 2.75) is 58.5 Å². The minimum atomic E-state index is 0.217. The van der Waals surface area contributed by atoms with Crippen LogP contribution < -0.4 is 5.73 Å². The van der Waals surface area contributed by atoms with Crippen molar-refractivity contribution in [1.29, 1.82) is 0 Å². The molecule has 0 amide bonds. The summed E-state index contributed by atoms with van der Waals surface area (Å²) in [4.78, 5) is 2.60. The molecule has 3 rings (SSSR count). The van der Waals surface area contributed by atoms with Crippen LogP contribution in [0, 0.1) is 5.41 Å². The highest BCUT2D eigenvalue weighted by Crippen LogP contribution is 2.40. The van der Waals surface area contributed by atoms with E-state index >= 15 is 0 Å². The fourth-order valence-corrected chi connectivity index (χ4v) is 4.10. The molecule has 3 nitrogen and oxygen atoms in total. The molecular formula is C17H29N3. The van der Waals surface area contributed by atoms with Gasteiger partial charge in [-0.3, -0.25) is 0 Å². The number of nitrogens with two attached hydrogens (primary N) is 1. The molecule has 2 N–H and O–H groups in total. The van der Waals surface area contributed by atoms with Crippen molar-refractivity contribution >= 4 is 0 Å². The summed E-state index contributed by atoms with van der Waals surface area (Å²) < 4.78 is 2.49. The third kappa shape index (κ3) is 2.66. The van der Waals surface area contributed by atoms with Gasteiger partial charge in [0.15, 0.2) is 0 Å². The zero-order chi connectivity index (χ0) is 14.3. The Bertz CT molecular complexity index is 469. The summed E-state index contributed by atoms with van der Waals surface area (Å²) >= 11 is 0. The molecule has 0 radical (unpaired) electrons. The summed E-state index contributed by atoms with van der Waals surface area (Å²) in [6, 6.07) is 3.03. The smallest absolute Gasteiger partial charge is 0.0432 e. The van der Waals surface area contributed by atoms with Gasteiger partial charge in [-0.2, -0.15) is 0 Å². The number of nitrogens with zero attached hydrogens (tertiary/aromatic N) is 2. The van der Waals surface area contributed by atoms with Gasteiger partial charge in [0.25, 0.3) is 0 Å². The monoisotopic (exact) mass is 275 g/mol. The molecule has 1 aliphatic carbocycles. The molecule has 1 aromatic heterocycles. The standard InChI is InChI=1S/C17H29N3/c1-13(12-19-7-4-5-8-19)20-9-6-14-15(18)10-17(2,3)11-16(14)20/h6,9,13,15H,4-5,7-8,10-12,18H2,1-3H3. The van der Waals surface area contributed by atoms with Gasteiger partial charge in [0.1, 0.15) is 0 Å². The summed E-state index contributed by atoms with van der Waals surface area (Å²) in [6.45, 7) is 10.8. The molecule has 2 atom stereocenters. The van der Waals surface area contributed by atoms with E-state index in [2.05, 4.69) is 42.5 Å². The summed E-state index contributed by atoms with van der Waals surface area (Å²) in [5.41, 5.74) is 9.58. The van der Waals surface area contributed by atoms with Crippen molar-refractivity contribution in [2.24, 2.45) is 11.1 Å². The first-order valence-corrected chi connectivity index (χ1v) is 8.14. The number of fused-ring (bicyclic) bond motifs is 1. The molecule has 1 saturated heterocycles.